The Balaban J connectivity index is 1.89. The van der Waals surface area contributed by atoms with Crippen LogP contribution in [0.15, 0.2) is 52.4 Å². The zero-order valence-corrected chi connectivity index (χ0v) is 22.3. The van der Waals surface area contributed by atoms with Crippen molar-refractivity contribution >= 4 is 50.3 Å². The number of fused-ring (bicyclic) bond motifs is 1. The molecule has 0 aliphatic carbocycles. The van der Waals surface area contributed by atoms with Gasteiger partial charge in [0.15, 0.2) is 5.16 Å². The molecule has 0 radical (unpaired) electrons. The lowest BCUT2D eigenvalue weighted by atomic mass is 10.0. The fourth-order valence-corrected chi connectivity index (χ4v) is 4.83. The number of hydrogen-bond acceptors (Lipinski definition) is 6. The largest absolute Gasteiger partial charge is 0.464 e. The number of thioether (sulfide) groups is 1. The quantitative estimate of drug-likeness (QED) is 0.185. The normalized spacial score (nSPS) is 12.4. The number of nitrogens with zero attached hydrogens (tertiary/aromatic N) is 3. The van der Waals surface area contributed by atoms with E-state index in [2.05, 4.69) is 32.3 Å². The minimum absolute atomic E-state index is 0.0390. The summed E-state index contributed by atoms with van der Waals surface area (Å²) in [4.78, 5) is 29.0. The summed E-state index contributed by atoms with van der Waals surface area (Å²) in [5.41, 5.74) is 0.947. The Bertz CT molecular complexity index is 1310. The average molecular weight is 579 g/mol. The summed E-state index contributed by atoms with van der Waals surface area (Å²) < 4.78 is 37.2. The summed E-state index contributed by atoms with van der Waals surface area (Å²) in [6, 6.07) is 11.2. The molecule has 0 saturated carbocycles. The number of benzene rings is 2. The lowest BCUT2D eigenvalue weighted by Crippen LogP contribution is -2.50. The third-order valence-electron chi connectivity index (χ3n) is 5.38. The average Bonchev–Trinajstić information content (AvgIpc) is 3.20. The summed E-state index contributed by atoms with van der Waals surface area (Å²) >= 11 is 3.30. The second-order valence-corrected chi connectivity index (χ2v) is 10.2. The van der Waals surface area contributed by atoms with Crippen LogP contribution in [0.2, 0.25) is 0 Å². The van der Waals surface area contributed by atoms with Crippen LogP contribution in [0.5, 0.6) is 0 Å². The molecular weight excluding hydrogens is 554 g/mol. The van der Waals surface area contributed by atoms with Crippen molar-refractivity contribution in [2.24, 2.45) is 5.92 Å². The van der Waals surface area contributed by atoms with Crippen LogP contribution in [-0.4, -0.2) is 39.3 Å². The van der Waals surface area contributed by atoms with Crippen molar-refractivity contribution in [3.8, 4) is 11.8 Å². The monoisotopic (exact) mass is 578 g/mol. The molecule has 0 fully saturated rings. The minimum atomic E-state index is -3.94. The summed E-state index contributed by atoms with van der Waals surface area (Å²) in [6.07, 6.45) is 2.79. The van der Waals surface area contributed by atoms with E-state index in [1.807, 2.05) is 6.92 Å². The number of rotatable bonds is 10. The first kappa shape index (κ1) is 27.6. The maximum absolute atomic E-state index is 15.1. The van der Waals surface area contributed by atoms with Crippen LogP contribution in [-0.2, 0) is 14.3 Å². The molecule has 0 aliphatic heterocycles. The van der Waals surface area contributed by atoms with Crippen LogP contribution in [0, 0.1) is 17.2 Å². The van der Waals surface area contributed by atoms with E-state index in [-0.39, 0.29) is 23.5 Å². The SMILES string of the molecule is CCCCOC(=O)[C@@H](NC(=O)C(F)(F)Sc1ncc(Br)n1-c1ccc(C#N)c2ccccc12)C(C)C. The smallest absolute Gasteiger partial charge is 0.377 e. The van der Waals surface area contributed by atoms with Crippen LogP contribution >= 0.6 is 27.7 Å². The van der Waals surface area contributed by atoms with Gasteiger partial charge in [-0.05, 0) is 52.2 Å². The standard InChI is InChI=1S/C25H25BrF2N4O3S/c1-4-5-12-35-22(33)21(15(2)3)31-23(34)25(27,28)36-24-30-14-20(26)32(24)19-11-10-16(13-29)17-8-6-7-9-18(17)19/h6-11,14-15,21H,4-5,12H2,1-3H3,(H,31,34)/t21-/m0/s1. The zero-order valence-electron chi connectivity index (χ0n) is 19.9. The summed E-state index contributed by atoms with van der Waals surface area (Å²) in [7, 11) is 0. The van der Waals surface area contributed by atoms with Crippen molar-refractivity contribution in [2.45, 2.75) is 50.1 Å². The Kier molecular flexibility index (Phi) is 9.08. The summed E-state index contributed by atoms with van der Waals surface area (Å²) in [6.45, 7) is 5.36. The van der Waals surface area contributed by atoms with Crippen molar-refractivity contribution in [3.05, 3.63) is 52.8 Å². The summed E-state index contributed by atoms with van der Waals surface area (Å²) in [5, 5.41) is 8.79. The van der Waals surface area contributed by atoms with Crippen molar-refractivity contribution in [2.75, 3.05) is 6.61 Å². The van der Waals surface area contributed by atoms with Crippen molar-refractivity contribution < 1.29 is 23.1 Å². The van der Waals surface area contributed by atoms with Gasteiger partial charge in [-0.15, -0.1) is 0 Å². The second-order valence-electron chi connectivity index (χ2n) is 8.32. The molecule has 0 unspecified atom stereocenters. The molecule has 1 N–H and O–H groups in total. The molecule has 1 aromatic heterocycles. The van der Waals surface area contributed by atoms with Gasteiger partial charge in [-0.3, -0.25) is 9.36 Å². The molecule has 0 saturated heterocycles. The number of hydrogen-bond donors (Lipinski definition) is 1. The fourth-order valence-electron chi connectivity index (χ4n) is 3.47. The number of nitrogens with one attached hydrogen (secondary N) is 1. The van der Waals surface area contributed by atoms with E-state index in [1.165, 1.54) is 10.8 Å². The molecule has 11 heteroatoms. The van der Waals surface area contributed by atoms with Gasteiger partial charge in [0.25, 0.3) is 0 Å². The van der Waals surface area contributed by atoms with Gasteiger partial charge in [-0.1, -0.05) is 51.5 Å². The van der Waals surface area contributed by atoms with Crippen LogP contribution in [0.4, 0.5) is 8.78 Å². The van der Waals surface area contributed by atoms with Gasteiger partial charge >= 0.3 is 17.1 Å². The van der Waals surface area contributed by atoms with Gasteiger partial charge in [0.05, 0.1) is 30.1 Å². The number of alkyl halides is 2. The second kappa shape index (κ2) is 11.8. The van der Waals surface area contributed by atoms with E-state index in [9.17, 15) is 14.9 Å². The molecule has 190 valence electrons. The number of aromatic nitrogens is 2. The Morgan fingerprint density at radius 2 is 1.94 bits per heavy atom. The molecule has 1 amide bonds. The fraction of sp³-hybridized carbons (Fsp3) is 0.360. The van der Waals surface area contributed by atoms with E-state index in [0.29, 0.717) is 33.0 Å². The number of imidazole rings is 1. The third-order valence-corrected chi connectivity index (χ3v) is 6.85. The van der Waals surface area contributed by atoms with Crippen molar-refractivity contribution in [3.63, 3.8) is 0 Å². The number of halogens is 3. The van der Waals surface area contributed by atoms with Gasteiger partial charge in [-0.25, -0.2) is 9.78 Å². The van der Waals surface area contributed by atoms with E-state index in [1.54, 1.807) is 50.2 Å². The molecule has 1 heterocycles. The summed E-state index contributed by atoms with van der Waals surface area (Å²) in [5.74, 6) is -2.82. The Morgan fingerprint density at radius 1 is 1.25 bits per heavy atom. The van der Waals surface area contributed by atoms with E-state index in [0.717, 1.165) is 6.42 Å². The first-order chi connectivity index (χ1) is 17.1. The van der Waals surface area contributed by atoms with Gasteiger partial charge in [-0.2, -0.15) is 14.0 Å². The van der Waals surface area contributed by atoms with Crippen LogP contribution in [0.3, 0.4) is 0 Å². The first-order valence-corrected chi connectivity index (χ1v) is 12.9. The van der Waals surface area contributed by atoms with Crippen LogP contribution < -0.4 is 5.32 Å². The number of unbranched alkanes of at least 4 members (excludes halogenated alkanes) is 1. The number of esters is 1. The number of amides is 1. The molecule has 1 atom stereocenters. The van der Waals surface area contributed by atoms with Crippen LogP contribution in [0.1, 0.15) is 39.2 Å². The Hall–Kier alpha value is -2.97. The van der Waals surface area contributed by atoms with Crippen molar-refractivity contribution in [1.82, 2.24) is 14.9 Å². The molecule has 3 aromatic rings. The maximum atomic E-state index is 15.1. The molecule has 0 spiro atoms. The maximum Gasteiger partial charge on any atom is 0.377 e. The third kappa shape index (κ3) is 6.05. The first-order valence-electron chi connectivity index (χ1n) is 11.3. The number of carbonyl (C=O) groups excluding carboxylic acids is 2. The van der Waals surface area contributed by atoms with Gasteiger partial charge in [0, 0.05) is 10.8 Å². The zero-order chi connectivity index (χ0) is 26.5. The molecule has 0 aliphatic rings. The van der Waals surface area contributed by atoms with E-state index in [4.69, 9.17) is 4.74 Å². The predicted molar refractivity (Wildman–Crippen MR) is 137 cm³/mol. The van der Waals surface area contributed by atoms with Gasteiger partial charge < -0.3 is 10.1 Å². The van der Waals surface area contributed by atoms with Gasteiger partial charge in [0.2, 0.25) is 0 Å². The lowest BCUT2D eigenvalue weighted by Gasteiger charge is -2.23. The molecule has 0 bridgehead atoms. The molecule has 7 nitrogen and oxygen atoms in total. The van der Waals surface area contributed by atoms with Crippen LogP contribution in [0.25, 0.3) is 16.5 Å². The molecular formula is C25H25BrF2N4O3S. The Morgan fingerprint density at radius 3 is 2.58 bits per heavy atom. The molecule has 36 heavy (non-hydrogen) atoms. The number of nitriles is 1. The predicted octanol–water partition coefficient (Wildman–Crippen LogP) is 5.83. The molecule has 3 rings (SSSR count). The highest BCUT2D eigenvalue weighted by Gasteiger charge is 2.44. The highest BCUT2D eigenvalue weighted by Crippen LogP contribution is 2.39. The number of ether oxygens (including phenoxy) is 1. The highest BCUT2D eigenvalue weighted by atomic mass is 79.9. The van der Waals surface area contributed by atoms with Crippen molar-refractivity contribution in [1.29, 1.82) is 5.26 Å². The molecule has 2 aromatic carbocycles. The van der Waals surface area contributed by atoms with E-state index < -0.39 is 29.1 Å². The number of carbonyl (C=O) groups is 2. The highest BCUT2D eigenvalue weighted by molar-refractivity contribution is 9.10. The topological polar surface area (TPSA) is 97.0 Å². The lowest BCUT2D eigenvalue weighted by molar-refractivity contribution is -0.151. The minimum Gasteiger partial charge on any atom is -0.464 e. The van der Waals surface area contributed by atoms with E-state index >= 15 is 8.78 Å². The van der Waals surface area contributed by atoms with Gasteiger partial charge in [0.1, 0.15) is 10.6 Å². The Labute approximate surface area is 220 Å².